The van der Waals surface area contributed by atoms with Crippen LogP contribution in [0.2, 0.25) is 0 Å². The minimum absolute atomic E-state index is 0.123. The largest absolute Gasteiger partial charge is 0.352 e. The number of nitrogens with zero attached hydrogens (tertiary/aromatic N) is 1. The first-order valence-corrected chi connectivity index (χ1v) is 12.8. The molecule has 0 bridgehead atoms. The van der Waals surface area contributed by atoms with Crippen LogP contribution in [0.1, 0.15) is 63.0 Å². The van der Waals surface area contributed by atoms with E-state index in [0.717, 1.165) is 36.8 Å². The van der Waals surface area contributed by atoms with E-state index in [1.165, 1.54) is 23.6 Å². The number of sulfonamides is 1. The Hall–Kier alpha value is -2.34. The van der Waals surface area contributed by atoms with Crippen LogP contribution < -0.4 is 9.62 Å². The van der Waals surface area contributed by atoms with Crippen molar-refractivity contribution in [2.45, 2.75) is 76.2 Å². The van der Waals surface area contributed by atoms with Crippen LogP contribution in [0.3, 0.4) is 0 Å². The maximum atomic E-state index is 13.6. The number of rotatable bonds is 7. The Kier molecular flexibility index (Phi) is 8.13. The molecule has 0 unspecified atom stereocenters. The van der Waals surface area contributed by atoms with Crippen molar-refractivity contribution in [2.75, 3.05) is 10.8 Å². The molecule has 0 saturated heterocycles. The molecule has 2 aromatic rings. The molecule has 6 heteroatoms. The first-order chi connectivity index (χ1) is 14.9. The van der Waals surface area contributed by atoms with Crippen molar-refractivity contribution in [3.05, 3.63) is 59.7 Å². The summed E-state index contributed by atoms with van der Waals surface area (Å²) in [4.78, 5) is 13.2. The Balaban J connectivity index is 1.88. The molecule has 1 aliphatic carbocycles. The molecule has 5 nitrogen and oxygen atoms in total. The number of carbonyl (C=O) groups excluding carboxylic acids is 1. The normalized spacial score (nSPS) is 15.7. The third-order valence-electron chi connectivity index (χ3n) is 6.01. The summed E-state index contributed by atoms with van der Waals surface area (Å²) >= 11 is 0. The third-order valence-corrected chi connectivity index (χ3v) is 7.78. The van der Waals surface area contributed by atoms with E-state index in [-0.39, 0.29) is 23.4 Å². The first kappa shape index (κ1) is 23.3. The predicted octanol–water partition coefficient (Wildman–Crippen LogP) is 4.98. The van der Waals surface area contributed by atoms with Crippen LogP contribution in [-0.2, 0) is 21.2 Å². The van der Waals surface area contributed by atoms with Crippen molar-refractivity contribution >= 4 is 21.6 Å². The molecule has 3 rings (SSSR count). The summed E-state index contributed by atoms with van der Waals surface area (Å²) in [6.07, 6.45) is 8.47. The van der Waals surface area contributed by atoms with Crippen LogP contribution in [0.4, 0.5) is 5.69 Å². The van der Waals surface area contributed by atoms with Gasteiger partial charge < -0.3 is 5.32 Å². The Labute approximate surface area is 186 Å². The van der Waals surface area contributed by atoms with Gasteiger partial charge in [-0.1, -0.05) is 74.9 Å². The van der Waals surface area contributed by atoms with Crippen molar-refractivity contribution in [1.29, 1.82) is 0 Å². The van der Waals surface area contributed by atoms with Gasteiger partial charge in [0.2, 0.25) is 5.91 Å². The second kappa shape index (κ2) is 10.8. The van der Waals surface area contributed by atoms with Gasteiger partial charge in [0, 0.05) is 6.04 Å². The van der Waals surface area contributed by atoms with Crippen molar-refractivity contribution < 1.29 is 13.2 Å². The lowest BCUT2D eigenvalue weighted by Gasteiger charge is -2.28. The van der Waals surface area contributed by atoms with Crippen molar-refractivity contribution in [1.82, 2.24) is 5.32 Å². The quantitative estimate of drug-likeness (QED) is 0.657. The van der Waals surface area contributed by atoms with Gasteiger partial charge >= 0.3 is 0 Å². The average molecular weight is 443 g/mol. The number of amides is 1. The van der Waals surface area contributed by atoms with Crippen LogP contribution in [0, 0.1) is 6.92 Å². The van der Waals surface area contributed by atoms with Gasteiger partial charge in [-0.05, 0) is 49.9 Å². The molecule has 0 aromatic heterocycles. The van der Waals surface area contributed by atoms with Gasteiger partial charge in [0.1, 0.15) is 6.54 Å². The molecule has 2 aromatic carbocycles. The number of benzene rings is 2. The van der Waals surface area contributed by atoms with E-state index in [0.29, 0.717) is 12.1 Å². The highest BCUT2D eigenvalue weighted by molar-refractivity contribution is 7.92. The van der Waals surface area contributed by atoms with Gasteiger partial charge in [0.15, 0.2) is 0 Å². The predicted molar refractivity (Wildman–Crippen MR) is 126 cm³/mol. The van der Waals surface area contributed by atoms with Crippen molar-refractivity contribution in [3.63, 3.8) is 0 Å². The number of hydrogen-bond donors (Lipinski definition) is 1. The minimum Gasteiger partial charge on any atom is -0.352 e. The topological polar surface area (TPSA) is 66.5 Å². The van der Waals surface area contributed by atoms with Gasteiger partial charge in [-0.25, -0.2) is 8.42 Å². The lowest BCUT2D eigenvalue weighted by molar-refractivity contribution is -0.120. The molecule has 0 aliphatic heterocycles. The Morgan fingerprint density at radius 1 is 0.968 bits per heavy atom. The fourth-order valence-corrected chi connectivity index (χ4v) is 5.65. The molecule has 168 valence electrons. The third kappa shape index (κ3) is 6.10. The van der Waals surface area contributed by atoms with Crippen LogP contribution in [-0.4, -0.2) is 26.9 Å². The number of para-hydroxylation sites is 1. The lowest BCUT2D eigenvalue weighted by Crippen LogP contribution is -2.44. The Morgan fingerprint density at radius 3 is 2.23 bits per heavy atom. The monoisotopic (exact) mass is 442 g/mol. The SMILES string of the molecule is CCc1ccccc1N(CC(=O)NC1CCCCCCC1)S(=O)(=O)c1ccc(C)cc1. The maximum absolute atomic E-state index is 13.6. The zero-order valence-electron chi connectivity index (χ0n) is 18.6. The maximum Gasteiger partial charge on any atom is 0.264 e. The highest BCUT2D eigenvalue weighted by Crippen LogP contribution is 2.28. The van der Waals surface area contributed by atoms with Gasteiger partial charge in [0.05, 0.1) is 10.6 Å². The van der Waals surface area contributed by atoms with Gasteiger partial charge in [-0.3, -0.25) is 9.10 Å². The van der Waals surface area contributed by atoms with Crippen LogP contribution >= 0.6 is 0 Å². The molecular formula is C25H34N2O3S. The summed E-state index contributed by atoms with van der Waals surface area (Å²) in [5.41, 5.74) is 2.46. The van der Waals surface area contributed by atoms with E-state index in [1.54, 1.807) is 30.3 Å². The number of anilines is 1. The summed E-state index contributed by atoms with van der Waals surface area (Å²) in [6.45, 7) is 3.69. The standard InChI is InChI=1S/C25H34N2O3S/c1-3-21-11-9-10-14-24(21)27(31(29,30)23-17-15-20(2)16-18-23)19-25(28)26-22-12-7-5-4-6-8-13-22/h9-11,14-18,22H,3-8,12-13,19H2,1-2H3,(H,26,28). The summed E-state index contributed by atoms with van der Waals surface area (Å²) in [7, 11) is -3.88. The van der Waals surface area contributed by atoms with Crippen LogP contribution in [0.15, 0.2) is 53.4 Å². The van der Waals surface area contributed by atoms with E-state index >= 15 is 0 Å². The van der Waals surface area contributed by atoms with E-state index in [2.05, 4.69) is 5.32 Å². The smallest absolute Gasteiger partial charge is 0.264 e. The zero-order chi connectivity index (χ0) is 22.3. The molecule has 1 N–H and O–H groups in total. The van der Waals surface area contributed by atoms with E-state index in [9.17, 15) is 13.2 Å². The molecule has 0 heterocycles. The number of aryl methyl sites for hydroxylation is 2. The minimum atomic E-state index is -3.88. The molecular weight excluding hydrogens is 408 g/mol. The number of nitrogens with one attached hydrogen (secondary N) is 1. The summed E-state index contributed by atoms with van der Waals surface area (Å²) in [6, 6.07) is 14.3. The van der Waals surface area contributed by atoms with E-state index in [4.69, 9.17) is 0 Å². The average Bonchev–Trinajstić information content (AvgIpc) is 2.74. The molecule has 0 spiro atoms. The zero-order valence-corrected chi connectivity index (χ0v) is 19.5. The fourth-order valence-electron chi connectivity index (χ4n) is 4.19. The molecule has 1 amide bonds. The Morgan fingerprint density at radius 2 is 1.58 bits per heavy atom. The van der Waals surface area contributed by atoms with Crippen LogP contribution in [0.5, 0.6) is 0 Å². The van der Waals surface area contributed by atoms with Gasteiger partial charge in [0.25, 0.3) is 10.0 Å². The summed E-state index contributed by atoms with van der Waals surface area (Å²) < 4.78 is 28.4. The van der Waals surface area contributed by atoms with Crippen molar-refractivity contribution in [2.24, 2.45) is 0 Å². The molecule has 1 fully saturated rings. The van der Waals surface area contributed by atoms with Gasteiger partial charge in [-0.2, -0.15) is 0 Å². The van der Waals surface area contributed by atoms with E-state index < -0.39 is 10.0 Å². The first-order valence-electron chi connectivity index (χ1n) is 11.4. The van der Waals surface area contributed by atoms with Gasteiger partial charge in [-0.15, -0.1) is 0 Å². The van der Waals surface area contributed by atoms with E-state index in [1.807, 2.05) is 32.0 Å². The molecule has 31 heavy (non-hydrogen) atoms. The number of carbonyl (C=O) groups is 1. The second-order valence-corrected chi connectivity index (χ2v) is 10.3. The highest BCUT2D eigenvalue weighted by atomic mass is 32.2. The summed E-state index contributed by atoms with van der Waals surface area (Å²) in [5.74, 6) is -0.243. The van der Waals surface area contributed by atoms with Crippen LogP contribution in [0.25, 0.3) is 0 Å². The molecule has 1 aliphatic rings. The Bertz CT molecular complexity index is 963. The molecule has 0 atom stereocenters. The molecule has 1 saturated carbocycles. The second-order valence-electron chi connectivity index (χ2n) is 8.42. The molecule has 0 radical (unpaired) electrons. The fraction of sp³-hybridized carbons (Fsp3) is 0.480. The lowest BCUT2D eigenvalue weighted by atomic mass is 9.97. The summed E-state index contributed by atoms with van der Waals surface area (Å²) in [5, 5.41) is 3.11. The van der Waals surface area contributed by atoms with Crippen molar-refractivity contribution in [3.8, 4) is 0 Å². The number of hydrogen-bond acceptors (Lipinski definition) is 3. The highest BCUT2D eigenvalue weighted by Gasteiger charge is 2.29.